The maximum atomic E-state index is 12.6. The topological polar surface area (TPSA) is 46.9 Å². The third kappa shape index (κ3) is 3.60. The molecule has 5 heteroatoms. The molecule has 0 saturated carbocycles. The minimum atomic E-state index is -0.320. The Hall–Kier alpha value is -2.33. The van der Waals surface area contributed by atoms with Crippen LogP contribution in [-0.2, 0) is 11.2 Å². The molecule has 1 heterocycles. The number of benzene rings is 2. The first-order valence-electron chi connectivity index (χ1n) is 8.01. The van der Waals surface area contributed by atoms with Gasteiger partial charge in [-0.3, -0.25) is 4.79 Å². The average molecular weight is 342 g/mol. The van der Waals surface area contributed by atoms with E-state index < -0.39 is 0 Å². The third-order valence-electron chi connectivity index (χ3n) is 4.10. The molecule has 1 aromatic heterocycles. The van der Waals surface area contributed by atoms with Crippen molar-refractivity contribution in [3.63, 3.8) is 0 Å². The van der Waals surface area contributed by atoms with Crippen LogP contribution < -0.4 is 5.32 Å². The summed E-state index contributed by atoms with van der Waals surface area (Å²) in [5.74, 6) is -0.0207. The number of rotatable bonds is 5. The maximum absolute atomic E-state index is 12.6. The Morgan fingerprint density at radius 3 is 2.79 bits per heavy atom. The number of para-hydroxylation sites is 2. The summed E-state index contributed by atoms with van der Waals surface area (Å²) in [4.78, 5) is 16.9. The van der Waals surface area contributed by atoms with Crippen LogP contribution in [0.15, 0.2) is 54.9 Å². The summed E-state index contributed by atoms with van der Waals surface area (Å²) in [7, 11) is 0. The van der Waals surface area contributed by atoms with Gasteiger partial charge in [0.25, 0.3) is 0 Å². The first-order chi connectivity index (χ1) is 11.5. The number of nitrogens with one attached hydrogen (secondary N) is 1. The minimum absolute atomic E-state index is 0.0207. The number of fused-ring (bicyclic) bond motifs is 1. The van der Waals surface area contributed by atoms with Gasteiger partial charge in [0.05, 0.1) is 17.4 Å². The number of nitrogens with zero attached hydrogens (tertiary/aromatic N) is 2. The first-order valence-corrected chi connectivity index (χ1v) is 8.39. The van der Waals surface area contributed by atoms with Crippen LogP contribution >= 0.6 is 11.6 Å². The van der Waals surface area contributed by atoms with Crippen LogP contribution in [0.4, 0.5) is 0 Å². The molecule has 0 aliphatic heterocycles. The second-order valence-electron chi connectivity index (χ2n) is 6.06. The Labute approximate surface area is 146 Å². The molecule has 3 aromatic rings. The highest BCUT2D eigenvalue weighted by molar-refractivity contribution is 6.30. The number of amides is 1. The Kier molecular flexibility index (Phi) is 4.86. The lowest BCUT2D eigenvalue weighted by molar-refractivity contribution is -0.124. The van der Waals surface area contributed by atoms with Gasteiger partial charge in [0, 0.05) is 11.1 Å². The van der Waals surface area contributed by atoms with E-state index in [4.69, 9.17) is 11.6 Å². The number of carbonyl (C=O) groups is 1. The number of hydrogen-bond donors (Lipinski definition) is 1. The Bertz CT molecular complexity index is 858. The van der Waals surface area contributed by atoms with Gasteiger partial charge in [-0.2, -0.15) is 0 Å². The SMILES string of the molecule is C[C@H](C(=O)N[C@@H](C)Cc1cccc(Cl)c1)n1cnc2ccccc21. The van der Waals surface area contributed by atoms with Crippen LogP contribution in [0.25, 0.3) is 11.0 Å². The summed E-state index contributed by atoms with van der Waals surface area (Å²) >= 11 is 6.01. The van der Waals surface area contributed by atoms with Gasteiger partial charge in [0.2, 0.25) is 5.91 Å². The van der Waals surface area contributed by atoms with E-state index in [2.05, 4.69) is 10.3 Å². The maximum Gasteiger partial charge on any atom is 0.243 e. The van der Waals surface area contributed by atoms with E-state index in [0.717, 1.165) is 23.0 Å². The smallest absolute Gasteiger partial charge is 0.243 e. The van der Waals surface area contributed by atoms with E-state index in [9.17, 15) is 4.79 Å². The quantitative estimate of drug-likeness (QED) is 0.762. The van der Waals surface area contributed by atoms with E-state index in [1.165, 1.54) is 0 Å². The second kappa shape index (κ2) is 7.05. The summed E-state index contributed by atoms with van der Waals surface area (Å²) in [5, 5.41) is 3.78. The first kappa shape index (κ1) is 16.5. The lowest BCUT2D eigenvalue weighted by Crippen LogP contribution is -2.38. The van der Waals surface area contributed by atoms with Crippen molar-refractivity contribution in [2.24, 2.45) is 0 Å². The molecule has 2 atom stereocenters. The van der Waals surface area contributed by atoms with Crippen LogP contribution in [0.1, 0.15) is 25.5 Å². The van der Waals surface area contributed by atoms with Gasteiger partial charge >= 0.3 is 0 Å². The lowest BCUT2D eigenvalue weighted by atomic mass is 10.1. The summed E-state index contributed by atoms with van der Waals surface area (Å²) in [5.41, 5.74) is 2.96. The standard InChI is InChI=1S/C19H20ClN3O/c1-13(10-15-6-5-7-16(20)11-15)22-19(24)14(2)23-12-21-17-8-3-4-9-18(17)23/h3-9,11-14H,10H2,1-2H3,(H,22,24)/t13-,14+/m0/s1. The van der Waals surface area contributed by atoms with Crippen molar-refractivity contribution in [1.82, 2.24) is 14.9 Å². The number of carbonyl (C=O) groups excluding carboxylic acids is 1. The van der Waals surface area contributed by atoms with Gasteiger partial charge in [0.1, 0.15) is 6.04 Å². The van der Waals surface area contributed by atoms with Crippen molar-refractivity contribution in [2.45, 2.75) is 32.4 Å². The number of hydrogen-bond acceptors (Lipinski definition) is 2. The molecule has 0 radical (unpaired) electrons. The van der Waals surface area contributed by atoms with Gasteiger partial charge in [-0.25, -0.2) is 4.98 Å². The molecule has 0 spiro atoms. The molecule has 124 valence electrons. The van der Waals surface area contributed by atoms with Crippen molar-refractivity contribution in [1.29, 1.82) is 0 Å². The van der Waals surface area contributed by atoms with Gasteiger partial charge in [-0.05, 0) is 50.1 Å². The molecule has 1 N–H and O–H groups in total. The molecule has 0 aliphatic rings. The molecule has 3 rings (SSSR count). The fraction of sp³-hybridized carbons (Fsp3) is 0.263. The normalized spacial score (nSPS) is 13.6. The molecule has 24 heavy (non-hydrogen) atoms. The summed E-state index contributed by atoms with van der Waals surface area (Å²) in [6, 6.07) is 15.2. The minimum Gasteiger partial charge on any atom is -0.352 e. The molecule has 0 unspecified atom stereocenters. The third-order valence-corrected chi connectivity index (χ3v) is 4.33. The molecule has 0 fully saturated rings. The molecule has 2 aromatic carbocycles. The van der Waals surface area contributed by atoms with Crippen molar-refractivity contribution in [3.05, 3.63) is 65.4 Å². The van der Waals surface area contributed by atoms with Gasteiger partial charge in [-0.1, -0.05) is 35.9 Å². The van der Waals surface area contributed by atoms with Crippen LogP contribution in [-0.4, -0.2) is 21.5 Å². The van der Waals surface area contributed by atoms with Crippen LogP contribution in [0, 0.1) is 0 Å². The number of imidazole rings is 1. The molecule has 0 bridgehead atoms. The highest BCUT2D eigenvalue weighted by Crippen LogP contribution is 2.18. The molecule has 4 nitrogen and oxygen atoms in total. The monoisotopic (exact) mass is 341 g/mol. The highest BCUT2D eigenvalue weighted by Gasteiger charge is 2.18. The zero-order valence-electron chi connectivity index (χ0n) is 13.7. The van der Waals surface area contributed by atoms with E-state index in [-0.39, 0.29) is 18.0 Å². The molecular formula is C19H20ClN3O. The Morgan fingerprint density at radius 2 is 2.00 bits per heavy atom. The zero-order chi connectivity index (χ0) is 17.1. The van der Waals surface area contributed by atoms with Gasteiger partial charge in [-0.15, -0.1) is 0 Å². The predicted octanol–water partition coefficient (Wildman–Crippen LogP) is 4.00. The highest BCUT2D eigenvalue weighted by atomic mass is 35.5. The summed E-state index contributed by atoms with van der Waals surface area (Å²) in [6.45, 7) is 3.88. The average Bonchev–Trinajstić information content (AvgIpc) is 2.98. The largest absolute Gasteiger partial charge is 0.352 e. The van der Waals surface area contributed by atoms with E-state index in [1.54, 1.807) is 6.33 Å². The van der Waals surface area contributed by atoms with Crippen LogP contribution in [0.2, 0.25) is 5.02 Å². The molecule has 1 amide bonds. The van der Waals surface area contributed by atoms with Crippen molar-refractivity contribution in [3.8, 4) is 0 Å². The number of aromatic nitrogens is 2. The van der Waals surface area contributed by atoms with Crippen molar-refractivity contribution in [2.75, 3.05) is 0 Å². The fourth-order valence-corrected chi connectivity index (χ4v) is 3.06. The van der Waals surface area contributed by atoms with Crippen LogP contribution in [0.3, 0.4) is 0 Å². The summed E-state index contributed by atoms with van der Waals surface area (Å²) in [6.07, 6.45) is 2.46. The van der Waals surface area contributed by atoms with E-state index in [0.29, 0.717) is 5.02 Å². The Balaban J connectivity index is 1.67. The number of halogens is 1. The van der Waals surface area contributed by atoms with Crippen molar-refractivity contribution >= 4 is 28.5 Å². The lowest BCUT2D eigenvalue weighted by Gasteiger charge is -2.19. The zero-order valence-corrected chi connectivity index (χ0v) is 14.5. The van der Waals surface area contributed by atoms with Crippen LogP contribution in [0.5, 0.6) is 0 Å². The van der Waals surface area contributed by atoms with Crippen molar-refractivity contribution < 1.29 is 4.79 Å². The van der Waals surface area contributed by atoms with Gasteiger partial charge < -0.3 is 9.88 Å². The van der Waals surface area contributed by atoms with E-state index >= 15 is 0 Å². The van der Waals surface area contributed by atoms with Gasteiger partial charge in [0.15, 0.2) is 0 Å². The predicted molar refractivity (Wildman–Crippen MR) is 97.2 cm³/mol. The molecule has 0 aliphatic carbocycles. The summed E-state index contributed by atoms with van der Waals surface area (Å²) < 4.78 is 1.90. The van der Waals surface area contributed by atoms with E-state index in [1.807, 2.05) is 66.9 Å². The molecular weight excluding hydrogens is 322 g/mol. The fourth-order valence-electron chi connectivity index (χ4n) is 2.85. The second-order valence-corrected chi connectivity index (χ2v) is 6.50. The Morgan fingerprint density at radius 1 is 1.21 bits per heavy atom. The molecule has 0 saturated heterocycles.